The number of fused-ring (bicyclic) bond motifs is 1. The molecule has 1 saturated heterocycles. The molecule has 266 valence electrons. The smallest absolute Gasteiger partial charge is 0.355 e. The fourth-order valence-corrected chi connectivity index (χ4v) is 7.26. The Balaban J connectivity index is 1.39. The summed E-state index contributed by atoms with van der Waals surface area (Å²) in [6.45, 7) is 1.47. The van der Waals surface area contributed by atoms with Crippen LogP contribution in [0.3, 0.4) is 0 Å². The molecule has 2 amide bonds. The van der Waals surface area contributed by atoms with Crippen molar-refractivity contribution in [3.63, 3.8) is 0 Å². The van der Waals surface area contributed by atoms with Crippen LogP contribution in [0.15, 0.2) is 71.2 Å². The molecule has 51 heavy (non-hydrogen) atoms. The minimum absolute atomic E-state index is 0.00432. The molecular weight excluding hydrogens is 711 g/mol. The second kappa shape index (κ2) is 15.5. The van der Waals surface area contributed by atoms with Crippen LogP contribution in [0.4, 0.5) is 5.69 Å². The summed E-state index contributed by atoms with van der Waals surface area (Å²) in [4.78, 5) is 89.0. The van der Waals surface area contributed by atoms with Crippen LogP contribution in [-0.2, 0) is 51.2 Å². The Kier molecular flexibility index (Phi) is 11.2. The van der Waals surface area contributed by atoms with Crippen LogP contribution in [0, 0.1) is 10.1 Å². The second-order valence-electron chi connectivity index (χ2n) is 11.0. The van der Waals surface area contributed by atoms with Gasteiger partial charge in [-0.2, -0.15) is 0 Å². The fraction of sp³-hybridized carbons (Fsp3) is 0.273. The SMILES string of the molecule is CO[C@]1(NC(=O)Cc2cccs2)C(=O)N2C(C(=O)OCc3ccc([N+](=O)[O-])cc3)=C(COC(=O)c3ccc(OC(C)=O)c(OC(C)=O)c3)CS[C@@H]21. The van der Waals surface area contributed by atoms with E-state index in [2.05, 4.69) is 5.32 Å². The standard InChI is InChI=1S/C33H29N3O13S2/c1-18(37)48-25-11-8-21(13-26(25)49-19(2)38)29(40)47-16-22-17-51-32-33(45-3,34-27(39)14-24-5-4-12-50-24)31(42)35(32)28(22)30(41)46-15-20-6-9-23(10-7-20)36(43)44/h4-13,32H,14-17H2,1-3H3,(H,34,39)/t32-,33-/m1/s1. The van der Waals surface area contributed by atoms with Crippen molar-refractivity contribution in [2.75, 3.05) is 19.5 Å². The number of β-lactam (4-membered cyclic amide) rings is 1. The van der Waals surface area contributed by atoms with Gasteiger partial charge in [-0.15, -0.1) is 23.1 Å². The van der Waals surface area contributed by atoms with Crippen molar-refractivity contribution in [2.24, 2.45) is 0 Å². The summed E-state index contributed by atoms with van der Waals surface area (Å²) in [5.74, 6) is -4.81. The molecule has 2 atom stereocenters. The molecule has 1 fully saturated rings. The van der Waals surface area contributed by atoms with E-state index < -0.39 is 58.3 Å². The Morgan fingerprint density at radius 1 is 0.961 bits per heavy atom. The number of nitro benzene ring substituents is 1. The van der Waals surface area contributed by atoms with Crippen molar-refractivity contribution < 1.29 is 57.4 Å². The van der Waals surface area contributed by atoms with E-state index in [1.165, 1.54) is 54.8 Å². The van der Waals surface area contributed by atoms with Gasteiger partial charge in [0.15, 0.2) is 11.5 Å². The molecule has 0 bridgehead atoms. The number of benzene rings is 2. The Bertz CT molecular complexity index is 1930. The van der Waals surface area contributed by atoms with Gasteiger partial charge in [0.05, 0.1) is 16.9 Å². The first kappa shape index (κ1) is 36.7. The summed E-state index contributed by atoms with van der Waals surface area (Å²) in [7, 11) is 1.26. The maximum atomic E-state index is 13.8. The van der Waals surface area contributed by atoms with Crippen LogP contribution < -0.4 is 14.8 Å². The van der Waals surface area contributed by atoms with Crippen molar-refractivity contribution in [3.05, 3.63) is 97.4 Å². The number of esters is 4. The maximum absolute atomic E-state index is 13.8. The van der Waals surface area contributed by atoms with Gasteiger partial charge in [0.2, 0.25) is 5.91 Å². The van der Waals surface area contributed by atoms with E-state index in [1.54, 1.807) is 12.1 Å². The highest BCUT2D eigenvalue weighted by atomic mass is 32.2. The van der Waals surface area contributed by atoms with E-state index in [0.29, 0.717) is 5.56 Å². The zero-order valence-corrected chi connectivity index (χ0v) is 28.8. The van der Waals surface area contributed by atoms with Gasteiger partial charge in [-0.05, 0) is 47.3 Å². The second-order valence-corrected chi connectivity index (χ2v) is 13.1. The summed E-state index contributed by atoms with van der Waals surface area (Å²) >= 11 is 2.52. The van der Waals surface area contributed by atoms with Crippen LogP contribution in [0.2, 0.25) is 0 Å². The number of nitro groups is 1. The highest BCUT2D eigenvalue weighted by molar-refractivity contribution is 8.00. The van der Waals surface area contributed by atoms with Gasteiger partial charge in [0, 0.05) is 49.3 Å². The largest absolute Gasteiger partial charge is 0.457 e. The van der Waals surface area contributed by atoms with Crippen LogP contribution in [0.1, 0.15) is 34.6 Å². The molecule has 3 aromatic rings. The number of rotatable bonds is 13. The number of non-ortho nitro benzene ring substituents is 1. The molecule has 1 aromatic heterocycles. The van der Waals surface area contributed by atoms with Crippen molar-refractivity contribution in [1.82, 2.24) is 10.2 Å². The number of nitrogens with zero attached hydrogens (tertiary/aromatic N) is 2. The molecule has 2 aliphatic heterocycles. The Morgan fingerprint density at radius 2 is 1.65 bits per heavy atom. The average Bonchev–Trinajstić information content (AvgIpc) is 3.61. The van der Waals surface area contributed by atoms with Crippen molar-refractivity contribution in [3.8, 4) is 11.5 Å². The third-order valence-electron chi connectivity index (χ3n) is 7.45. The predicted octanol–water partition coefficient (Wildman–Crippen LogP) is 3.28. The van der Waals surface area contributed by atoms with Crippen LogP contribution in [0.25, 0.3) is 0 Å². The van der Waals surface area contributed by atoms with Gasteiger partial charge in [-0.1, -0.05) is 6.07 Å². The topological polar surface area (TPSA) is 207 Å². The molecule has 1 N–H and O–H groups in total. The lowest BCUT2D eigenvalue weighted by Gasteiger charge is -2.55. The van der Waals surface area contributed by atoms with Gasteiger partial charge in [0.25, 0.3) is 17.3 Å². The lowest BCUT2D eigenvalue weighted by atomic mass is 9.98. The van der Waals surface area contributed by atoms with E-state index in [1.807, 2.05) is 5.38 Å². The van der Waals surface area contributed by atoms with Gasteiger partial charge in [-0.25, -0.2) is 9.59 Å². The van der Waals surface area contributed by atoms with Crippen LogP contribution in [-0.4, -0.2) is 76.1 Å². The molecule has 2 aromatic carbocycles. The molecule has 5 rings (SSSR count). The zero-order chi connectivity index (χ0) is 36.9. The number of amides is 2. The number of carbonyl (C=O) groups excluding carboxylic acids is 6. The number of thiophene rings is 1. The molecule has 3 heterocycles. The summed E-state index contributed by atoms with van der Waals surface area (Å²) in [6, 6.07) is 12.5. The number of thioether (sulfide) groups is 1. The first-order valence-electron chi connectivity index (χ1n) is 15.0. The third kappa shape index (κ3) is 8.08. The number of hydrogen-bond donors (Lipinski definition) is 1. The molecule has 18 heteroatoms. The fourth-order valence-electron chi connectivity index (χ4n) is 5.14. The van der Waals surface area contributed by atoms with Gasteiger partial charge >= 0.3 is 23.9 Å². The summed E-state index contributed by atoms with van der Waals surface area (Å²) in [5, 5.41) is 14.6. The number of hydrogen-bond acceptors (Lipinski definition) is 15. The normalized spacial score (nSPS) is 17.8. The van der Waals surface area contributed by atoms with E-state index in [4.69, 9.17) is 23.7 Å². The summed E-state index contributed by atoms with van der Waals surface area (Å²) < 4.78 is 26.7. The number of methoxy groups -OCH3 is 1. The Hall–Kier alpha value is -5.59. The highest BCUT2D eigenvalue weighted by Crippen LogP contribution is 2.47. The van der Waals surface area contributed by atoms with Gasteiger partial charge in [-0.3, -0.25) is 34.2 Å². The number of ether oxygens (including phenoxy) is 5. The van der Waals surface area contributed by atoms with E-state index >= 15 is 0 Å². The molecule has 16 nitrogen and oxygen atoms in total. The highest BCUT2D eigenvalue weighted by Gasteiger charge is 2.66. The quantitative estimate of drug-likeness (QED) is 0.0667. The van der Waals surface area contributed by atoms with Gasteiger partial charge in [0.1, 0.15) is 24.3 Å². The summed E-state index contributed by atoms with van der Waals surface area (Å²) in [5.41, 5.74) is -1.66. The summed E-state index contributed by atoms with van der Waals surface area (Å²) in [6.07, 6.45) is -0.00432. The molecule has 0 saturated carbocycles. The lowest BCUT2D eigenvalue weighted by Crippen LogP contribution is -2.80. The van der Waals surface area contributed by atoms with E-state index in [9.17, 15) is 38.9 Å². The van der Waals surface area contributed by atoms with Gasteiger partial charge < -0.3 is 29.0 Å². The van der Waals surface area contributed by atoms with E-state index in [-0.39, 0.29) is 52.8 Å². The molecule has 0 unspecified atom stereocenters. The van der Waals surface area contributed by atoms with Crippen molar-refractivity contribution in [2.45, 2.75) is 38.0 Å². The minimum Gasteiger partial charge on any atom is -0.457 e. The maximum Gasteiger partial charge on any atom is 0.355 e. The van der Waals surface area contributed by atoms with E-state index in [0.717, 1.165) is 41.5 Å². The number of carbonyl (C=O) groups is 6. The van der Waals surface area contributed by atoms with Crippen molar-refractivity contribution in [1.29, 1.82) is 0 Å². The zero-order valence-electron chi connectivity index (χ0n) is 27.2. The average molecular weight is 740 g/mol. The molecular formula is C33H29N3O13S2. The Labute approximate surface area is 297 Å². The first-order valence-corrected chi connectivity index (χ1v) is 16.9. The predicted molar refractivity (Wildman–Crippen MR) is 178 cm³/mol. The lowest BCUT2D eigenvalue weighted by molar-refractivity contribution is -0.384. The third-order valence-corrected chi connectivity index (χ3v) is 9.70. The van der Waals surface area contributed by atoms with Crippen LogP contribution in [0.5, 0.6) is 11.5 Å². The molecule has 0 aliphatic carbocycles. The van der Waals surface area contributed by atoms with Crippen LogP contribution >= 0.6 is 23.1 Å². The Morgan fingerprint density at radius 3 is 2.27 bits per heavy atom. The molecule has 2 aliphatic rings. The number of nitrogens with one attached hydrogen (secondary N) is 1. The minimum atomic E-state index is -1.80. The first-order chi connectivity index (χ1) is 24.3. The van der Waals surface area contributed by atoms with Crippen molar-refractivity contribution >= 4 is 64.5 Å². The molecule has 0 spiro atoms. The molecule has 0 radical (unpaired) electrons. The monoisotopic (exact) mass is 739 g/mol.